The minimum atomic E-state index is -1.17. The number of hydrogen-bond acceptors (Lipinski definition) is 3. The van der Waals surface area contributed by atoms with E-state index in [0.29, 0.717) is 24.0 Å². The number of methoxy groups -OCH3 is 1. The van der Waals surface area contributed by atoms with E-state index in [1.807, 2.05) is 60.7 Å². The van der Waals surface area contributed by atoms with Gasteiger partial charge in [0.1, 0.15) is 5.41 Å². The lowest BCUT2D eigenvalue weighted by Crippen LogP contribution is -2.37. The van der Waals surface area contributed by atoms with Gasteiger partial charge in [0.25, 0.3) is 0 Å². The summed E-state index contributed by atoms with van der Waals surface area (Å²) in [5, 5.41) is 10.0. The number of carbonyl (C=O) groups is 2. The van der Waals surface area contributed by atoms with Crippen LogP contribution in [0.25, 0.3) is 0 Å². The second-order valence-electron chi connectivity index (χ2n) is 5.37. The highest BCUT2D eigenvalue weighted by atomic mass is 16.5. The highest BCUT2D eigenvalue weighted by Gasteiger charge is 2.41. The summed E-state index contributed by atoms with van der Waals surface area (Å²) in [5.41, 5.74) is 0.253. The molecule has 1 N–H and O–H groups in total. The molecule has 0 radical (unpaired) electrons. The van der Waals surface area contributed by atoms with Crippen molar-refractivity contribution in [3.63, 3.8) is 0 Å². The number of carboxylic acids is 1. The first kappa shape index (κ1) is 16.7. The average Bonchev–Trinajstić information content (AvgIpc) is 2.60. The van der Waals surface area contributed by atoms with Gasteiger partial charge in [-0.05, 0) is 24.0 Å². The van der Waals surface area contributed by atoms with Crippen molar-refractivity contribution in [1.29, 1.82) is 0 Å². The molecule has 0 fully saturated rings. The van der Waals surface area contributed by atoms with Gasteiger partial charge >= 0.3 is 11.9 Å². The van der Waals surface area contributed by atoms with Crippen LogP contribution in [0.1, 0.15) is 30.4 Å². The number of ether oxygens (including phenoxy) is 1. The minimum absolute atomic E-state index is 0.200. The summed E-state index contributed by atoms with van der Waals surface area (Å²) in [5.74, 6) is -1.25. The Morgan fingerprint density at radius 3 is 1.83 bits per heavy atom. The van der Waals surface area contributed by atoms with E-state index in [0.717, 1.165) is 0 Å². The summed E-state index contributed by atoms with van der Waals surface area (Å²) < 4.78 is 4.65. The molecule has 0 spiro atoms. The first-order valence-electron chi connectivity index (χ1n) is 7.52. The molecule has 0 amide bonds. The van der Waals surface area contributed by atoms with E-state index in [1.165, 1.54) is 7.11 Å². The second kappa shape index (κ2) is 7.58. The highest BCUT2D eigenvalue weighted by molar-refractivity contribution is 5.86. The second-order valence-corrected chi connectivity index (χ2v) is 5.37. The largest absolute Gasteiger partial charge is 0.480 e. The first-order chi connectivity index (χ1) is 11.1. The molecule has 120 valence electrons. The number of benzene rings is 2. The lowest BCUT2D eigenvalue weighted by atomic mass is 9.71. The number of carbonyl (C=O) groups excluding carboxylic acids is 1. The molecule has 0 aliphatic rings. The first-order valence-corrected chi connectivity index (χ1v) is 7.52. The van der Waals surface area contributed by atoms with Crippen LogP contribution < -0.4 is 0 Å². The Morgan fingerprint density at radius 2 is 1.43 bits per heavy atom. The quantitative estimate of drug-likeness (QED) is 0.796. The van der Waals surface area contributed by atoms with Crippen LogP contribution >= 0.6 is 0 Å². The average molecular weight is 312 g/mol. The Bertz CT molecular complexity index is 610. The lowest BCUT2D eigenvalue weighted by molar-refractivity contribution is -0.144. The fourth-order valence-electron chi connectivity index (χ4n) is 2.85. The van der Waals surface area contributed by atoms with Crippen molar-refractivity contribution in [2.75, 3.05) is 7.11 Å². The summed E-state index contributed by atoms with van der Waals surface area (Å²) in [7, 11) is 1.33. The Labute approximate surface area is 135 Å². The van der Waals surface area contributed by atoms with Crippen molar-refractivity contribution in [3.05, 3.63) is 71.8 Å². The van der Waals surface area contributed by atoms with E-state index >= 15 is 0 Å². The molecule has 0 saturated heterocycles. The zero-order chi connectivity index (χ0) is 16.7. The van der Waals surface area contributed by atoms with E-state index in [9.17, 15) is 14.7 Å². The summed E-state index contributed by atoms with van der Waals surface area (Å²) in [6.07, 6.45) is 0.958. The normalized spacial score (nSPS) is 11.0. The maximum atomic E-state index is 12.3. The monoisotopic (exact) mass is 312 g/mol. The van der Waals surface area contributed by atoms with Gasteiger partial charge in [-0.25, -0.2) is 0 Å². The standard InChI is InChI=1S/C19H20O4/c1-23-17(20)13-8-14-19(18(21)22,15-9-4-2-5-10-15)16-11-6-3-7-12-16/h2-7,9-12H,8,13-14H2,1H3,(H,21,22). The Hall–Kier alpha value is -2.62. The van der Waals surface area contributed by atoms with Crippen LogP contribution in [-0.4, -0.2) is 24.2 Å². The number of hydrogen-bond donors (Lipinski definition) is 1. The smallest absolute Gasteiger partial charge is 0.318 e. The third-order valence-corrected chi connectivity index (χ3v) is 4.06. The van der Waals surface area contributed by atoms with E-state index in [-0.39, 0.29) is 12.4 Å². The third-order valence-electron chi connectivity index (χ3n) is 4.06. The molecule has 4 heteroatoms. The predicted octanol–water partition coefficient (Wildman–Crippen LogP) is 3.40. The van der Waals surface area contributed by atoms with Crippen LogP contribution in [0.5, 0.6) is 0 Å². The number of aliphatic carboxylic acids is 1. The third kappa shape index (κ3) is 3.59. The molecule has 0 atom stereocenters. The molecule has 2 rings (SSSR count). The molecule has 0 heterocycles. The van der Waals surface area contributed by atoms with Gasteiger partial charge in [0, 0.05) is 6.42 Å². The molecule has 4 nitrogen and oxygen atoms in total. The molecule has 0 aromatic heterocycles. The van der Waals surface area contributed by atoms with Gasteiger partial charge in [-0.1, -0.05) is 60.7 Å². The van der Waals surface area contributed by atoms with Crippen molar-refractivity contribution < 1.29 is 19.4 Å². The van der Waals surface area contributed by atoms with Crippen LogP contribution in [0, 0.1) is 0 Å². The van der Waals surface area contributed by atoms with Crippen LogP contribution in [0.15, 0.2) is 60.7 Å². The molecule has 0 unspecified atom stereocenters. The highest BCUT2D eigenvalue weighted by Crippen LogP contribution is 2.37. The number of carboxylic acid groups (broad SMARTS) is 1. The Morgan fingerprint density at radius 1 is 0.957 bits per heavy atom. The van der Waals surface area contributed by atoms with Crippen molar-refractivity contribution in [3.8, 4) is 0 Å². The van der Waals surface area contributed by atoms with Gasteiger partial charge in [0.05, 0.1) is 7.11 Å². The van der Waals surface area contributed by atoms with Gasteiger partial charge in [-0.15, -0.1) is 0 Å². The SMILES string of the molecule is COC(=O)CCCC(C(=O)O)(c1ccccc1)c1ccccc1. The topological polar surface area (TPSA) is 63.6 Å². The Balaban J connectivity index is 2.44. The van der Waals surface area contributed by atoms with E-state index in [2.05, 4.69) is 4.74 Å². The summed E-state index contributed by atoms with van der Waals surface area (Å²) in [6, 6.07) is 18.3. The minimum Gasteiger partial charge on any atom is -0.480 e. The van der Waals surface area contributed by atoms with Gasteiger partial charge in [-0.2, -0.15) is 0 Å². The Kier molecular flexibility index (Phi) is 5.52. The van der Waals surface area contributed by atoms with Crippen LogP contribution in [0.4, 0.5) is 0 Å². The molecule has 0 bridgehead atoms. The zero-order valence-electron chi connectivity index (χ0n) is 13.1. The van der Waals surface area contributed by atoms with Gasteiger partial charge < -0.3 is 9.84 Å². The van der Waals surface area contributed by atoms with Crippen LogP contribution in [0.3, 0.4) is 0 Å². The molecule has 0 aliphatic carbocycles. The van der Waals surface area contributed by atoms with Crippen LogP contribution in [-0.2, 0) is 19.7 Å². The lowest BCUT2D eigenvalue weighted by Gasteiger charge is -2.30. The van der Waals surface area contributed by atoms with Gasteiger partial charge in [-0.3, -0.25) is 9.59 Å². The molecular formula is C19H20O4. The van der Waals surface area contributed by atoms with Gasteiger partial charge in [0.15, 0.2) is 0 Å². The van der Waals surface area contributed by atoms with Crippen molar-refractivity contribution in [2.45, 2.75) is 24.7 Å². The van der Waals surface area contributed by atoms with E-state index < -0.39 is 11.4 Å². The van der Waals surface area contributed by atoms with Crippen molar-refractivity contribution in [1.82, 2.24) is 0 Å². The van der Waals surface area contributed by atoms with E-state index in [4.69, 9.17) is 0 Å². The molecule has 23 heavy (non-hydrogen) atoms. The van der Waals surface area contributed by atoms with Gasteiger partial charge in [0.2, 0.25) is 0 Å². The summed E-state index contributed by atoms with van der Waals surface area (Å²) in [4.78, 5) is 23.6. The molecule has 2 aromatic carbocycles. The molecular weight excluding hydrogens is 292 g/mol. The zero-order valence-corrected chi connectivity index (χ0v) is 13.1. The summed E-state index contributed by atoms with van der Waals surface area (Å²) >= 11 is 0. The summed E-state index contributed by atoms with van der Waals surface area (Å²) in [6.45, 7) is 0. The fourth-order valence-corrected chi connectivity index (χ4v) is 2.85. The molecule has 0 aliphatic heterocycles. The maximum absolute atomic E-state index is 12.3. The molecule has 2 aromatic rings. The number of rotatable bonds is 7. The van der Waals surface area contributed by atoms with Crippen molar-refractivity contribution >= 4 is 11.9 Å². The maximum Gasteiger partial charge on any atom is 0.318 e. The van der Waals surface area contributed by atoms with Crippen molar-refractivity contribution in [2.24, 2.45) is 0 Å². The number of esters is 1. The van der Waals surface area contributed by atoms with Crippen LogP contribution in [0.2, 0.25) is 0 Å². The predicted molar refractivity (Wildman–Crippen MR) is 87.2 cm³/mol. The fraction of sp³-hybridized carbons (Fsp3) is 0.263. The molecule has 0 saturated carbocycles. The van der Waals surface area contributed by atoms with E-state index in [1.54, 1.807) is 0 Å².